The first-order valence-corrected chi connectivity index (χ1v) is 10.8. The van der Waals surface area contributed by atoms with Gasteiger partial charge in [0.05, 0.1) is 18.8 Å². The minimum atomic E-state index is -0.110. The summed E-state index contributed by atoms with van der Waals surface area (Å²) in [4.78, 5) is 12.6. The van der Waals surface area contributed by atoms with Gasteiger partial charge in [0, 0.05) is 6.54 Å². The predicted molar refractivity (Wildman–Crippen MR) is 109 cm³/mol. The van der Waals surface area contributed by atoms with E-state index in [1.165, 1.54) is 38.5 Å². The third-order valence-corrected chi connectivity index (χ3v) is 7.25. The van der Waals surface area contributed by atoms with Crippen molar-refractivity contribution in [1.82, 2.24) is 10.6 Å². The largest absolute Gasteiger partial charge is 0.467 e. The summed E-state index contributed by atoms with van der Waals surface area (Å²) in [6.07, 6.45) is 9.98. The highest BCUT2D eigenvalue weighted by Gasteiger charge is 2.50. The molecule has 1 atom stereocenters. The van der Waals surface area contributed by atoms with E-state index in [-0.39, 0.29) is 11.9 Å². The number of carbonyl (C=O) groups excluding carboxylic acids is 1. The van der Waals surface area contributed by atoms with Gasteiger partial charge >= 0.3 is 0 Å². The highest BCUT2D eigenvalue weighted by molar-refractivity contribution is 5.78. The van der Waals surface area contributed by atoms with Crippen LogP contribution in [0.1, 0.15) is 55.9 Å². The maximum absolute atomic E-state index is 12.6. The van der Waals surface area contributed by atoms with Gasteiger partial charge in [0.1, 0.15) is 5.76 Å². The molecule has 2 N–H and O–H groups in total. The fourth-order valence-corrected chi connectivity index (χ4v) is 6.53. The molecule has 1 heterocycles. The first-order valence-electron chi connectivity index (χ1n) is 10.8. The van der Waals surface area contributed by atoms with E-state index in [1.54, 1.807) is 6.26 Å². The second kappa shape index (κ2) is 7.40. The molecule has 4 nitrogen and oxygen atoms in total. The number of benzene rings is 1. The van der Waals surface area contributed by atoms with Gasteiger partial charge in [0.15, 0.2) is 0 Å². The molecule has 4 bridgehead atoms. The van der Waals surface area contributed by atoms with Crippen molar-refractivity contribution >= 4 is 5.91 Å². The van der Waals surface area contributed by atoms with Crippen molar-refractivity contribution in [3.63, 3.8) is 0 Å². The summed E-state index contributed by atoms with van der Waals surface area (Å²) < 4.78 is 5.61. The van der Waals surface area contributed by atoms with E-state index in [0.29, 0.717) is 12.0 Å². The van der Waals surface area contributed by atoms with E-state index < -0.39 is 0 Å². The number of amides is 1. The second-order valence-electron chi connectivity index (χ2n) is 9.43. The lowest BCUT2D eigenvalue weighted by molar-refractivity contribution is -0.122. The molecular weight excluding hydrogens is 348 g/mol. The van der Waals surface area contributed by atoms with Crippen molar-refractivity contribution in [3.8, 4) is 0 Å². The van der Waals surface area contributed by atoms with Crippen LogP contribution >= 0.6 is 0 Å². The Bertz CT molecular complexity index is 764. The minimum Gasteiger partial charge on any atom is -0.467 e. The van der Waals surface area contributed by atoms with Crippen LogP contribution in [0, 0.1) is 23.2 Å². The molecular formula is C24H30N2O2. The lowest BCUT2D eigenvalue weighted by Gasteiger charge is -2.56. The molecule has 0 spiro atoms. The first kappa shape index (κ1) is 18.0. The van der Waals surface area contributed by atoms with Gasteiger partial charge < -0.3 is 9.73 Å². The van der Waals surface area contributed by atoms with E-state index in [1.807, 2.05) is 30.3 Å². The van der Waals surface area contributed by atoms with E-state index in [2.05, 4.69) is 22.8 Å². The number of carbonyl (C=O) groups is 1. The molecule has 1 aromatic carbocycles. The monoisotopic (exact) mass is 378 g/mol. The third-order valence-electron chi connectivity index (χ3n) is 7.25. The summed E-state index contributed by atoms with van der Waals surface area (Å²) in [6.45, 7) is 1.15. The number of rotatable bonds is 7. The zero-order chi connectivity index (χ0) is 19.0. The van der Waals surface area contributed by atoms with Crippen molar-refractivity contribution in [1.29, 1.82) is 0 Å². The summed E-state index contributed by atoms with van der Waals surface area (Å²) in [6, 6.07) is 13.9. The average molecular weight is 379 g/mol. The van der Waals surface area contributed by atoms with Crippen LogP contribution in [0.2, 0.25) is 0 Å². The van der Waals surface area contributed by atoms with Crippen molar-refractivity contribution in [2.24, 2.45) is 23.2 Å². The topological polar surface area (TPSA) is 54.3 Å². The van der Waals surface area contributed by atoms with Crippen molar-refractivity contribution in [3.05, 3.63) is 60.1 Å². The smallest absolute Gasteiger partial charge is 0.234 e. The Balaban J connectivity index is 1.19. The van der Waals surface area contributed by atoms with Crippen LogP contribution in [0.15, 0.2) is 53.1 Å². The molecule has 2 aromatic rings. The third kappa shape index (κ3) is 3.62. The van der Waals surface area contributed by atoms with Gasteiger partial charge in [-0.05, 0) is 79.4 Å². The number of nitrogens with one attached hydrogen (secondary N) is 2. The molecule has 148 valence electrons. The molecule has 6 rings (SSSR count). The van der Waals surface area contributed by atoms with E-state index in [9.17, 15) is 4.79 Å². The lowest BCUT2D eigenvalue weighted by atomic mass is 9.49. The molecule has 4 aliphatic rings. The van der Waals surface area contributed by atoms with Crippen LogP contribution in [-0.2, 0) is 4.79 Å². The highest BCUT2D eigenvalue weighted by Crippen LogP contribution is 2.59. The van der Waals surface area contributed by atoms with Gasteiger partial charge in [-0.2, -0.15) is 0 Å². The van der Waals surface area contributed by atoms with E-state index in [4.69, 9.17) is 4.42 Å². The Labute approximate surface area is 167 Å². The van der Waals surface area contributed by atoms with Gasteiger partial charge in [-0.25, -0.2) is 0 Å². The van der Waals surface area contributed by atoms with Crippen molar-refractivity contribution in [2.75, 3.05) is 13.1 Å². The zero-order valence-electron chi connectivity index (χ0n) is 16.4. The molecule has 1 aromatic heterocycles. The molecule has 28 heavy (non-hydrogen) atoms. The van der Waals surface area contributed by atoms with Gasteiger partial charge in [-0.15, -0.1) is 0 Å². The molecule has 4 fully saturated rings. The SMILES string of the molecule is O=C(CN[C@@H](c1ccccc1)c1ccco1)NCC12CC3CC(CC(C3)C1)C2. The van der Waals surface area contributed by atoms with Gasteiger partial charge in [-0.3, -0.25) is 10.1 Å². The normalized spacial score (nSPS) is 31.6. The first-order chi connectivity index (χ1) is 13.7. The predicted octanol–water partition coefficient (Wildman–Crippen LogP) is 4.29. The van der Waals surface area contributed by atoms with Gasteiger partial charge in [0.25, 0.3) is 0 Å². The number of furan rings is 1. The van der Waals surface area contributed by atoms with E-state index in [0.717, 1.165) is 35.6 Å². The molecule has 0 aliphatic heterocycles. The summed E-state index contributed by atoms with van der Waals surface area (Å²) in [5, 5.41) is 6.65. The molecule has 4 saturated carbocycles. The molecule has 0 unspecified atom stereocenters. The van der Waals surface area contributed by atoms with Crippen LogP contribution in [-0.4, -0.2) is 19.0 Å². The highest BCUT2D eigenvalue weighted by atomic mass is 16.3. The van der Waals surface area contributed by atoms with Crippen molar-refractivity contribution < 1.29 is 9.21 Å². The van der Waals surface area contributed by atoms with Crippen LogP contribution in [0.3, 0.4) is 0 Å². The minimum absolute atomic E-state index is 0.0863. The Morgan fingerprint density at radius 2 is 1.68 bits per heavy atom. The number of hydrogen-bond acceptors (Lipinski definition) is 3. The average Bonchev–Trinajstić information content (AvgIpc) is 3.21. The summed E-state index contributed by atoms with van der Waals surface area (Å²) in [7, 11) is 0. The Morgan fingerprint density at radius 1 is 1.00 bits per heavy atom. The van der Waals surface area contributed by atoms with Crippen LogP contribution in [0.25, 0.3) is 0 Å². The quantitative estimate of drug-likeness (QED) is 0.756. The van der Waals surface area contributed by atoms with Crippen LogP contribution in [0.4, 0.5) is 0 Å². The maximum Gasteiger partial charge on any atom is 0.234 e. The Morgan fingerprint density at radius 3 is 2.29 bits per heavy atom. The van der Waals surface area contributed by atoms with Crippen molar-refractivity contribution in [2.45, 2.75) is 44.6 Å². The molecule has 4 aliphatic carbocycles. The Hall–Kier alpha value is -2.07. The van der Waals surface area contributed by atoms with Gasteiger partial charge in [0.2, 0.25) is 5.91 Å². The summed E-state index contributed by atoms with van der Waals surface area (Å²) >= 11 is 0. The fourth-order valence-electron chi connectivity index (χ4n) is 6.53. The second-order valence-corrected chi connectivity index (χ2v) is 9.43. The zero-order valence-corrected chi connectivity index (χ0v) is 16.4. The Kier molecular flexibility index (Phi) is 4.75. The summed E-state index contributed by atoms with van der Waals surface area (Å²) in [5.74, 6) is 3.68. The van der Waals surface area contributed by atoms with Gasteiger partial charge in [-0.1, -0.05) is 30.3 Å². The van der Waals surface area contributed by atoms with Crippen LogP contribution in [0.5, 0.6) is 0 Å². The standard InChI is InChI=1S/C24H30N2O2/c27-22(26-16-24-12-17-9-18(13-24)11-19(10-17)14-24)15-25-23(21-7-4-8-28-21)20-5-2-1-3-6-20/h1-8,17-19,23,25H,9-16H2,(H,26,27)/t17?,18?,19?,23-,24?/m0/s1. The molecule has 1 amide bonds. The fraction of sp³-hybridized carbons (Fsp3) is 0.542. The summed E-state index contributed by atoms with van der Waals surface area (Å²) in [5.41, 5.74) is 1.48. The molecule has 0 saturated heterocycles. The van der Waals surface area contributed by atoms with E-state index >= 15 is 0 Å². The molecule has 4 heteroatoms. The molecule has 0 radical (unpaired) electrons. The lowest BCUT2D eigenvalue weighted by Crippen LogP contribution is -2.52. The number of hydrogen-bond donors (Lipinski definition) is 2. The maximum atomic E-state index is 12.6. The van der Waals surface area contributed by atoms with Crippen LogP contribution < -0.4 is 10.6 Å².